The number of aliphatic hydroxyl groups is 1. The lowest BCUT2D eigenvalue weighted by atomic mass is 9.68. The van der Waals surface area contributed by atoms with Crippen molar-refractivity contribution in [2.75, 3.05) is 13.7 Å². The summed E-state index contributed by atoms with van der Waals surface area (Å²) in [6.45, 7) is 9.61. The largest absolute Gasteiger partial charge is 0.390 e. The molecule has 0 aromatic carbocycles. The average molecular weight is 284 g/mol. The van der Waals surface area contributed by atoms with E-state index in [1.807, 2.05) is 0 Å². The van der Waals surface area contributed by atoms with Gasteiger partial charge < -0.3 is 14.6 Å². The maximum Gasteiger partial charge on any atom is 0.211 e. The molecule has 1 spiro atoms. The molecule has 0 bridgehead atoms. The molecule has 1 aliphatic heterocycles. The van der Waals surface area contributed by atoms with Crippen molar-refractivity contribution in [3.63, 3.8) is 0 Å². The van der Waals surface area contributed by atoms with Crippen LogP contribution in [0.5, 0.6) is 0 Å². The monoisotopic (exact) mass is 284 g/mol. The molecule has 2 rings (SSSR count). The molecule has 116 valence electrons. The first-order chi connectivity index (χ1) is 9.95. The van der Waals surface area contributed by atoms with E-state index in [0.717, 1.165) is 19.4 Å². The quantitative estimate of drug-likeness (QED) is 0.602. The lowest BCUT2D eigenvalue weighted by molar-refractivity contribution is -0.109. The standard InChI is InChI=1S/C17H30O3/c1-11(2)7-6-8-12(3)14-16(19-5)15(18)13(4)9-17(14)10-20-17/h8,11,13-16,18H,6-7,9-10H2,1-5H3/b12-8+/t13-,14+,15-,16+,17+/m1/s1/i18T. The van der Waals surface area contributed by atoms with E-state index in [1.165, 1.54) is 12.0 Å². The van der Waals surface area contributed by atoms with Crippen LogP contribution in [0, 0.1) is 17.8 Å². The molecule has 3 nitrogen and oxygen atoms in total. The molecule has 2 fully saturated rings. The summed E-state index contributed by atoms with van der Waals surface area (Å²) < 4.78 is 19.0. The number of rotatable bonds is 6. The van der Waals surface area contributed by atoms with Crippen molar-refractivity contribution >= 4 is 0 Å². The van der Waals surface area contributed by atoms with Crippen LogP contribution in [0.3, 0.4) is 0 Å². The van der Waals surface area contributed by atoms with E-state index in [4.69, 9.17) is 16.0 Å². The van der Waals surface area contributed by atoms with E-state index in [0.29, 0.717) is 5.92 Å². The summed E-state index contributed by atoms with van der Waals surface area (Å²) in [5.41, 5.74) is 1.25. The first kappa shape index (κ1) is 14.6. The Morgan fingerprint density at radius 3 is 2.80 bits per heavy atom. The van der Waals surface area contributed by atoms with E-state index in [-0.39, 0.29) is 29.6 Å². The predicted octanol–water partition coefficient (Wildman–Crippen LogP) is 3.17. The molecular formula is C17H30O3. The van der Waals surface area contributed by atoms with E-state index in [9.17, 15) is 0 Å². The van der Waals surface area contributed by atoms with Crippen LogP contribution in [-0.4, -0.2) is 38.1 Å². The normalized spacial score (nSPS) is 42.1. The van der Waals surface area contributed by atoms with Crippen LogP contribution in [0.25, 0.3) is 0 Å². The Labute approximate surface area is 124 Å². The van der Waals surface area contributed by atoms with Crippen molar-refractivity contribution in [2.45, 2.75) is 64.8 Å². The van der Waals surface area contributed by atoms with Crippen LogP contribution in [-0.2, 0) is 9.47 Å². The van der Waals surface area contributed by atoms with E-state index in [2.05, 4.69) is 33.8 Å². The fourth-order valence-corrected chi connectivity index (χ4v) is 3.71. The van der Waals surface area contributed by atoms with Crippen molar-refractivity contribution in [2.24, 2.45) is 17.8 Å². The molecule has 1 saturated heterocycles. The molecule has 0 radical (unpaired) electrons. The molecule has 5 atom stereocenters. The van der Waals surface area contributed by atoms with Gasteiger partial charge >= 0.3 is 0 Å². The molecule has 1 aliphatic carbocycles. The Hall–Kier alpha value is -0.380. The lowest BCUT2D eigenvalue weighted by Crippen LogP contribution is -2.52. The van der Waals surface area contributed by atoms with Gasteiger partial charge in [-0.15, -0.1) is 0 Å². The topological polar surface area (TPSA) is 42.0 Å². The van der Waals surface area contributed by atoms with Crippen LogP contribution >= 0.6 is 0 Å². The SMILES string of the molecule is [3H]O[C@H]1[C@@H](OC)[C@H](/C(C)=C/CCC(C)C)[C@@]2(CO2)C[C@H]1C. The van der Waals surface area contributed by atoms with Gasteiger partial charge in [0.15, 0.2) is 0 Å². The summed E-state index contributed by atoms with van der Waals surface area (Å²) in [7, 11) is 1.72. The Kier molecular flexibility index (Phi) is 4.49. The second-order valence-corrected chi connectivity index (χ2v) is 7.10. The van der Waals surface area contributed by atoms with Crippen molar-refractivity contribution in [1.82, 2.24) is 0 Å². The zero-order valence-corrected chi connectivity index (χ0v) is 13.5. The second-order valence-electron chi connectivity index (χ2n) is 7.10. The Balaban J connectivity index is 2.17. The highest BCUT2D eigenvalue weighted by Gasteiger charge is 2.60. The Morgan fingerprint density at radius 2 is 2.30 bits per heavy atom. The summed E-state index contributed by atoms with van der Waals surface area (Å²) in [4.78, 5) is 0. The number of ether oxygens (including phenoxy) is 2. The first-order valence-corrected chi connectivity index (χ1v) is 7.90. The molecule has 0 aromatic rings. The van der Waals surface area contributed by atoms with Crippen molar-refractivity contribution in [3.05, 3.63) is 11.6 Å². The van der Waals surface area contributed by atoms with Gasteiger partial charge in [0, 0.05) is 13.0 Å². The minimum Gasteiger partial charge on any atom is -0.390 e. The molecule has 20 heavy (non-hydrogen) atoms. The zero-order chi connectivity index (χ0) is 15.6. The Bertz CT molecular complexity index is 376. The van der Waals surface area contributed by atoms with Gasteiger partial charge in [0.05, 0.1) is 18.8 Å². The minimum atomic E-state index is -0.178. The summed E-state index contributed by atoms with van der Waals surface area (Å²) in [5, 5.41) is 4.99. The van der Waals surface area contributed by atoms with E-state index < -0.39 is 0 Å². The third kappa shape index (κ3) is 3.10. The van der Waals surface area contributed by atoms with Crippen LogP contribution in [0.1, 0.15) is 47.0 Å². The van der Waals surface area contributed by atoms with Gasteiger partial charge in [0.25, 0.3) is 0 Å². The molecule has 1 saturated carbocycles. The zero-order valence-electron chi connectivity index (χ0n) is 14.5. The van der Waals surface area contributed by atoms with Gasteiger partial charge in [0.2, 0.25) is 1.43 Å². The molecule has 1 heterocycles. The van der Waals surface area contributed by atoms with Crippen LogP contribution in [0.4, 0.5) is 0 Å². The van der Waals surface area contributed by atoms with Gasteiger partial charge in [-0.25, -0.2) is 0 Å². The summed E-state index contributed by atoms with van der Waals surface area (Å²) in [5.74, 6) is 1.21. The number of allylic oxidation sites excluding steroid dienone is 1. The van der Waals surface area contributed by atoms with Crippen LogP contribution < -0.4 is 0 Å². The fraction of sp³-hybridized carbons (Fsp3) is 0.882. The second kappa shape index (κ2) is 6.17. The molecule has 0 aromatic heterocycles. The maximum absolute atomic E-state index is 7.40. The van der Waals surface area contributed by atoms with Gasteiger partial charge in [0.1, 0.15) is 5.60 Å². The van der Waals surface area contributed by atoms with Crippen molar-refractivity contribution < 1.29 is 14.6 Å². The molecule has 2 aliphatic rings. The molecule has 3 heteroatoms. The molecule has 0 amide bonds. The molecule has 1 N–H and O–H groups in total. The van der Waals surface area contributed by atoms with Gasteiger partial charge in [-0.05, 0) is 38.0 Å². The number of hydrogen-bond donors (Lipinski definition) is 1. The number of epoxide rings is 1. The highest BCUT2D eigenvalue weighted by atomic mass is 16.6. The number of hydrogen-bond acceptors (Lipinski definition) is 3. The lowest BCUT2D eigenvalue weighted by Gasteiger charge is -2.43. The maximum atomic E-state index is 7.40. The summed E-state index contributed by atoms with van der Waals surface area (Å²) in [6.07, 6.45) is 5.30. The highest BCUT2D eigenvalue weighted by Crippen LogP contribution is 2.51. The smallest absolute Gasteiger partial charge is 0.211 e. The fourth-order valence-electron chi connectivity index (χ4n) is 3.71. The first-order valence-electron chi connectivity index (χ1n) is 8.31. The number of aliphatic hydroxyl groups excluding tert-OH is 1. The summed E-state index contributed by atoms with van der Waals surface area (Å²) in [6, 6.07) is 0. The van der Waals surface area contributed by atoms with E-state index in [1.54, 1.807) is 7.11 Å². The van der Waals surface area contributed by atoms with Gasteiger partial charge in [-0.1, -0.05) is 32.4 Å². The predicted molar refractivity (Wildman–Crippen MR) is 80.6 cm³/mol. The van der Waals surface area contributed by atoms with Gasteiger partial charge in [-0.2, -0.15) is 0 Å². The minimum absolute atomic E-state index is 0.0759. The third-order valence-electron chi connectivity index (χ3n) is 4.94. The summed E-state index contributed by atoms with van der Waals surface area (Å²) >= 11 is 0. The molecule has 0 unspecified atom stereocenters. The number of methoxy groups -OCH3 is 1. The van der Waals surface area contributed by atoms with Crippen LogP contribution in [0.15, 0.2) is 11.6 Å². The Morgan fingerprint density at radius 1 is 1.60 bits per heavy atom. The molecular weight excluding hydrogens is 252 g/mol. The third-order valence-corrected chi connectivity index (χ3v) is 4.94. The van der Waals surface area contributed by atoms with Crippen molar-refractivity contribution in [1.29, 1.82) is 1.43 Å². The van der Waals surface area contributed by atoms with E-state index >= 15 is 0 Å². The van der Waals surface area contributed by atoms with Crippen molar-refractivity contribution in [3.8, 4) is 0 Å². The highest BCUT2D eigenvalue weighted by molar-refractivity contribution is 5.21. The van der Waals surface area contributed by atoms with Gasteiger partial charge in [-0.3, -0.25) is 0 Å². The van der Waals surface area contributed by atoms with Crippen LogP contribution in [0.2, 0.25) is 0 Å². The average Bonchev–Trinajstić information content (AvgIpc) is 3.17.